The van der Waals surface area contributed by atoms with Gasteiger partial charge in [0, 0.05) is 17.3 Å². The van der Waals surface area contributed by atoms with Crippen LogP contribution in [-0.4, -0.2) is 22.1 Å². The molecule has 3 aromatic rings. The number of rotatable bonds is 4. The second-order valence-electron chi connectivity index (χ2n) is 8.63. The monoisotopic (exact) mass is 393 g/mol. The van der Waals surface area contributed by atoms with E-state index in [0.29, 0.717) is 39.5 Å². The summed E-state index contributed by atoms with van der Waals surface area (Å²) in [5, 5.41) is 7.92. The molecule has 2 bridgehead atoms. The first-order chi connectivity index (χ1) is 14.0. The standard InChI is InChI=1S/C23H24FN3O2/c1-12-9-19(22(28)26-13(2)18-11-14-3-4-16(18)10-14)20-21(27-29-23(20)25-12)15-5-7-17(24)8-6-15/h5-9,13-14,16,18H,3-4,10-11H2,1-2H3,(H,26,28)/t13-,14+,16+,18-/m1/s1. The lowest BCUT2D eigenvalue weighted by molar-refractivity contribution is 0.0917. The number of carbonyl (C=O) groups is 1. The number of halogens is 1. The lowest BCUT2D eigenvalue weighted by Crippen LogP contribution is -2.40. The molecule has 0 aliphatic heterocycles. The van der Waals surface area contributed by atoms with Crippen molar-refractivity contribution in [3.63, 3.8) is 0 Å². The van der Waals surface area contributed by atoms with Crippen LogP contribution in [0.1, 0.15) is 48.7 Å². The molecule has 4 atom stereocenters. The Labute approximate surface area is 168 Å². The van der Waals surface area contributed by atoms with Crippen molar-refractivity contribution in [2.45, 2.75) is 45.6 Å². The molecule has 2 fully saturated rings. The number of pyridine rings is 1. The molecule has 1 N–H and O–H groups in total. The van der Waals surface area contributed by atoms with Crippen LogP contribution in [0.25, 0.3) is 22.4 Å². The Bertz CT molecular complexity index is 1080. The number of hydrogen-bond donors (Lipinski definition) is 1. The molecular weight excluding hydrogens is 369 g/mol. The Balaban J connectivity index is 1.49. The Kier molecular flexibility index (Phi) is 4.37. The first-order valence-electron chi connectivity index (χ1n) is 10.3. The van der Waals surface area contributed by atoms with Gasteiger partial charge in [0.1, 0.15) is 11.5 Å². The van der Waals surface area contributed by atoms with Gasteiger partial charge in [-0.3, -0.25) is 4.79 Å². The third kappa shape index (κ3) is 3.20. The first-order valence-corrected chi connectivity index (χ1v) is 10.3. The fraction of sp³-hybridized carbons (Fsp3) is 0.435. The van der Waals surface area contributed by atoms with Gasteiger partial charge in [-0.1, -0.05) is 11.6 Å². The number of amides is 1. The van der Waals surface area contributed by atoms with Gasteiger partial charge in [-0.15, -0.1) is 0 Å². The van der Waals surface area contributed by atoms with E-state index in [0.717, 1.165) is 11.8 Å². The first kappa shape index (κ1) is 18.3. The van der Waals surface area contributed by atoms with Gasteiger partial charge in [-0.25, -0.2) is 9.37 Å². The number of aryl methyl sites for hydroxylation is 1. The topological polar surface area (TPSA) is 68.0 Å². The van der Waals surface area contributed by atoms with Gasteiger partial charge in [0.05, 0.1) is 10.9 Å². The van der Waals surface area contributed by atoms with Crippen LogP contribution < -0.4 is 5.32 Å². The quantitative estimate of drug-likeness (QED) is 0.685. The fourth-order valence-electron chi connectivity index (χ4n) is 5.36. The highest BCUT2D eigenvalue weighted by atomic mass is 19.1. The predicted octanol–water partition coefficient (Wildman–Crippen LogP) is 4.89. The van der Waals surface area contributed by atoms with E-state index in [2.05, 4.69) is 22.4 Å². The summed E-state index contributed by atoms with van der Waals surface area (Å²) in [6.45, 7) is 3.94. The molecule has 2 heterocycles. The van der Waals surface area contributed by atoms with Crippen molar-refractivity contribution in [2.24, 2.45) is 17.8 Å². The second kappa shape index (κ2) is 6.94. The minimum absolute atomic E-state index is 0.121. The van der Waals surface area contributed by atoms with Crippen molar-refractivity contribution in [1.29, 1.82) is 0 Å². The van der Waals surface area contributed by atoms with E-state index in [9.17, 15) is 9.18 Å². The molecule has 2 saturated carbocycles. The van der Waals surface area contributed by atoms with E-state index >= 15 is 0 Å². The third-order valence-electron chi connectivity index (χ3n) is 6.73. The molecule has 6 heteroatoms. The van der Waals surface area contributed by atoms with Gasteiger partial charge in [0.2, 0.25) is 0 Å². The Morgan fingerprint density at radius 2 is 2.03 bits per heavy atom. The summed E-state index contributed by atoms with van der Waals surface area (Å²) in [6, 6.07) is 7.89. The number of hydrogen-bond acceptors (Lipinski definition) is 4. The molecule has 1 aromatic carbocycles. The van der Waals surface area contributed by atoms with E-state index in [1.807, 2.05) is 6.92 Å². The molecule has 150 valence electrons. The maximum atomic E-state index is 13.3. The normalized spacial score (nSPS) is 24.2. The molecule has 5 nitrogen and oxygen atoms in total. The molecular formula is C23H24FN3O2. The number of nitrogens with zero attached hydrogens (tertiary/aromatic N) is 2. The van der Waals surface area contributed by atoms with Crippen LogP contribution >= 0.6 is 0 Å². The van der Waals surface area contributed by atoms with Crippen molar-refractivity contribution < 1.29 is 13.7 Å². The maximum Gasteiger partial charge on any atom is 0.259 e. The Hall–Kier alpha value is -2.76. The lowest BCUT2D eigenvalue weighted by atomic mass is 9.84. The molecule has 2 aliphatic carbocycles. The summed E-state index contributed by atoms with van der Waals surface area (Å²) in [4.78, 5) is 17.6. The van der Waals surface area contributed by atoms with E-state index in [1.54, 1.807) is 18.2 Å². The van der Waals surface area contributed by atoms with Crippen molar-refractivity contribution >= 4 is 17.0 Å². The maximum absolute atomic E-state index is 13.3. The fourth-order valence-corrected chi connectivity index (χ4v) is 5.36. The van der Waals surface area contributed by atoms with E-state index < -0.39 is 0 Å². The van der Waals surface area contributed by atoms with Crippen LogP contribution in [0, 0.1) is 30.5 Å². The number of aromatic nitrogens is 2. The van der Waals surface area contributed by atoms with Gasteiger partial charge < -0.3 is 9.84 Å². The summed E-state index contributed by atoms with van der Waals surface area (Å²) in [5.74, 6) is 1.66. The van der Waals surface area contributed by atoms with Crippen LogP contribution in [0.3, 0.4) is 0 Å². The molecule has 29 heavy (non-hydrogen) atoms. The van der Waals surface area contributed by atoms with Gasteiger partial charge in [0.25, 0.3) is 11.6 Å². The van der Waals surface area contributed by atoms with Gasteiger partial charge in [0.15, 0.2) is 0 Å². The number of fused-ring (bicyclic) bond motifs is 3. The van der Waals surface area contributed by atoms with Crippen molar-refractivity contribution in [3.8, 4) is 11.3 Å². The zero-order valence-corrected chi connectivity index (χ0v) is 16.6. The van der Waals surface area contributed by atoms with Crippen molar-refractivity contribution in [2.75, 3.05) is 0 Å². The predicted molar refractivity (Wildman–Crippen MR) is 108 cm³/mol. The largest absolute Gasteiger partial charge is 0.349 e. The van der Waals surface area contributed by atoms with E-state index in [4.69, 9.17) is 4.52 Å². The summed E-state index contributed by atoms with van der Waals surface area (Å²) < 4.78 is 18.8. The molecule has 0 spiro atoms. The highest BCUT2D eigenvalue weighted by molar-refractivity contribution is 6.09. The van der Waals surface area contributed by atoms with Crippen LogP contribution in [0.4, 0.5) is 4.39 Å². The number of carbonyl (C=O) groups excluding carboxylic acids is 1. The molecule has 2 aliphatic rings. The van der Waals surface area contributed by atoms with Gasteiger partial charge in [-0.05, 0) is 81.2 Å². The molecule has 0 saturated heterocycles. The molecule has 5 rings (SSSR count). The zero-order valence-electron chi connectivity index (χ0n) is 16.6. The number of nitrogens with one attached hydrogen (secondary N) is 1. The summed E-state index contributed by atoms with van der Waals surface area (Å²) in [5.41, 5.74) is 2.71. The molecule has 0 unspecified atom stereocenters. The highest BCUT2D eigenvalue weighted by Gasteiger charge is 2.42. The zero-order chi connectivity index (χ0) is 20.1. The summed E-state index contributed by atoms with van der Waals surface area (Å²) in [6.07, 6.45) is 5.15. The van der Waals surface area contributed by atoms with Crippen molar-refractivity contribution in [3.05, 3.63) is 47.4 Å². The SMILES string of the molecule is Cc1cc(C(=O)N[C@H](C)[C@H]2C[C@H]3CC[C@H]2C3)c2c(-c3ccc(F)cc3)noc2n1. The van der Waals surface area contributed by atoms with Gasteiger partial charge >= 0.3 is 0 Å². The smallest absolute Gasteiger partial charge is 0.259 e. The van der Waals surface area contributed by atoms with Crippen LogP contribution in [0.2, 0.25) is 0 Å². The van der Waals surface area contributed by atoms with E-state index in [-0.39, 0.29) is 17.8 Å². The van der Waals surface area contributed by atoms with Crippen LogP contribution in [-0.2, 0) is 0 Å². The average Bonchev–Trinajstić information content (AvgIpc) is 3.43. The molecule has 2 aromatic heterocycles. The number of benzene rings is 1. The highest BCUT2D eigenvalue weighted by Crippen LogP contribution is 2.49. The molecule has 1 amide bonds. The minimum Gasteiger partial charge on any atom is -0.349 e. The Morgan fingerprint density at radius 3 is 2.72 bits per heavy atom. The van der Waals surface area contributed by atoms with E-state index in [1.165, 1.54) is 37.8 Å². The minimum atomic E-state index is -0.326. The average molecular weight is 393 g/mol. The van der Waals surface area contributed by atoms with Crippen LogP contribution in [0.5, 0.6) is 0 Å². The summed E-state index contributed by atoms with van der Waals surface area (Å²) in [7, 11) is 0. The molecule has 0 radical (unpaired) electrons. The van der Waals surface area contributed by atoms with Crippen molar-refractivity contribution in [1.82, 2.24) is 15.5 Å². The van der Waals surface area contributed by atoms with Gasteiger partial charge in [-0.2, -0.15) is 0 Å². The Morgan fingerprint density at radius 1 is 1.24 bits per heavy atom. The third-order valence-corrected chi connectivity index (χ3v) is 6.73. The van der Waals surface area contributed by atoms with Crippen LogP contribution in [0.15, 0.2) is 34.9 Å². The summed E-state index contributed by atoms with van der Waals surface area (Å²) >= 11 is 0. The second-order valence-corrected chi connectivity index (χ2v) is 8.63. The lowest BCUT2D eigenvalue weighted by Gasteiger charge is -2.28.